The maximum absolute atomic E-state index is 12.6. The van der Waals surface area contributed by atoms with Crippen LogP contribution in [-0.4, -0.2) is 16.6 Å². The number of hydrazone groups is 1. The molecule has 0 aromatic heterocycles. The van der Waals surface area contributed by atoms with Gasteiger partial charge in [-0.15, -0.1) is 0 Å². The number of ketones is 1. The summed E-state index contributed by atoms with van der Waals surface area (Å²) in [5.41, 5.74) is 3.82. The minimum absolute atomic E-state index is 0.0782. The highest BCUT2D eigenvalue weighted by atomic mass is 16.3. The van der Waals surface area contributed by atoms with Crippen LogP contribution < -0.4 is 5.43 Å². The van der Waals surface area contributed by atoms with E-state index in [4.69, 9.17) is 0 Å². The number of nitrogens with zero attached hydrogens (tertiary/aromatic N) is 1. The van der Waals surface area contributed by atoms with E-state index in [0.717, 1.165) is 30.0 Å². The molecule has 0 aliphatic heterocycles. The Morgan fingerprint density at radius 3 is 2.83 bits per heavy atom. The molecule has 0 heterocycles. The number of Topliss-reactive ketones (excluding diaryl/α,β-unsaturated/α-hetero) is 1. The van der Waals surface area contributed by atoms with E-state index in [1.54, 1.807) is 6.07 Å². The first-order chi connectivity index (χ1) is 11.7. The van der Waals surface area contributed by atoms with Crippen molar-refractivity contribution >= 4 is 28.0 Å². The van der Waals surface area contributed by atoms with Gasteiger partial charge < -0.3 is 5.11 Å². The summed E-state index contributed by atoms with van der Waals surface area (Å²) in [7, 11) is 0. The molecule has 0 amide bonds. The predicted molar refractivity (Wildman–Crippen MR) is 96.3 cm³/mol. The van der Waals surface area contributed by atoms with Crippen LogP contribution in [0.1, 0.15) is 25.7 Å². The molecule has 2 N–H and O–H groups in total. The third-order valence-electron chi connectivity index (χ3n) is 5.11. The summed E-state index contributed by atoms with van der Waals surface area (Å²) in [6.45, 7) is 0. The fourth-order valence-electron chi connectivity index (χ4n) is 3.76. The summed E-state index contributed by atoms with van der Waals surface area (Å²) < 4.78 is 0. The van der Waals surface area contributed by atoms with Gasteiger partial charge in [0.2, 0.25) is 0 Å². The molecular formula is C20H20N2O2. The number of nitrogens with one attached hydrogen (secondary N) is 1. The Labute approximate surface area is 140 Å². The van der Waals surface area contributed by atoms with Gasteiger partial charge in [0, 0.05) is 11.3 Å². The van der Waals surface area contributed by atoms with E-state index in [1.165, 1.54) is 6.42 Å². The number of fused-ring (bicyclic) bond motifs is 2. The zero-order valence-electron chi connectivity index (χ0n) is 13.4. The molecule has 0 bridgehead atoms. The van der Waals surface area contributed by atoms with Crippen molar-refractivity contribution in [2.45, 2.75) is 25.7 Å². The molecule has 2 aliphatic rings. The Bertz CT molecular complexity index is 854. The van der Waals surface area contributed by atoms with Gasteiger partial charge in [-0.05, 0) is 36.3 Å². The second kappa shape index (κ2) is 6.11. The van der Waals surface area contributed by atoms with Gasteiger partial charge in [0.1, 0.15) is 11.5 Å². The van der Waals surface area contributed by atoms with Gasteiger partial charge in [0.05, 0.1) is 5.69 Å². The summed E-state index contributed by atoms with van der Waals surface area (Å²) in [6, 6.07) is 11.3. The number of phenols is 1. The van der Waals surface area contributed by atoms with E-state index in [0.29, 0.717) is 17.3 Å². The van der Waals surface area contributed by atoms with Crippen LogP contribution in [0.2, 0.25) is 0 Å². The third-order valence-corrected chi connectivity index (χ3v) is 5.11. The molecule has 0 saturated heterocycles. The summed E-state index contributed by atoms with van der Waals surface area (Å²) >= 11 is 0. The smallest absolute Gasteiger partial charge is 0.186 e. The number of anilines is 1. The van der Waals surface area contributed by atoms with Crippen LogP contribution in [0.4, 0.5) is 5.69 Å². The lowest BCUT2D eigenvalue weighted by Gasteiger charge is -2.30. The fraction of sp³-hybridized carbons (Fsp3) is 0.300. The number of allylic oxidation sites excluding steroid dienone is 2. The number of aromatic hydroxyl groups is 1. The van der Waals surface area contributed by atoms with E-state index in [9.17, 15) is 9.90 Å². The topological polar surface area (TPSA) is 61.7 Å². The van der Waals surface area contributed by atoms with E-state index in [-0.39, 0.29) is 17.5 Å². The van der Waals surface area contributed by atoms with Gasteiger partial charge in [0.15, 0.2) is 5.78 Å². The molecule has 2 aliphatic carbocycles. The van der Waals surface area contributed by atoms with Crippen molar-refractivity contribution in [3.8, 4) is 5.75 Å². The maximum Gasteiger partial charge on any atom is 0.186 e. The zero-order valence-corrected chi connectivity index (χ0v) is 13.4. The second-order valence-corrected chi connectivity index (χ2v) is 6.57. The quantitative estimate of drug-likeness (QED) is 0.642. The first kappa shape index (κ1) is 14.9. The number of benzene rings is 2. The largest absolute Gasteiger partial charge is 0.505 e. The van der Waals surface area contributed by atoms with Crippen molar-refractivity contribution in [2.24, 2.45) is 16.9 Å². The lowest BCUT2D eigenvalue weighted by molar-refractivity contribution is -0.118. The monoisotopic (exact) mass is 320 g/mol. The highest BCUT2D eigenvalue weighted by molar-refractivity contribution is 6.45. The minimum Gasteiger partial charge on any atom is -0.505 e. The molecule has 0 spiro atoms. The van der Waals surface area contributed by atoms with E-state index >= 15 is 0 Å². The SMILES string of the molecule is O=C1C(=NNc2ccc3ccccc3c2O)C=CC2CCCCC12. The minimum atomic E-state index is 0.0782. The second-order valence-electron chi connectivity index (χ2n) is 6.57. The van der Waals surface area contributed by atoms with Gasteiger partial charge in [-0.1, -0.05) is 49.2 Å². The van der Waals surface area contributed by atoms with Crippen LogP contribution in [0.15, 0.2) is 53.7 Å². The van der Waals surface area contributed by atoms with Crippen molar-refractivity contribution in [1.29, 1.82) is 0 Å². The summed E-state index contributed by atoms with van der Waals surface area (Å²) in [5, 5.41) is 16.4. The Hall–Kier alpha value is -2.62. The maximum atomic E-state index is 12.6. The molecule has 2 aromatic rings. The first-order valence-electron chi connectivity index (χ1n) is 8.51. The van der Waals surface area contributed by atoms with Crippen molar-refractivity contribution in [2.75, 3.05) is 5.43 Å². The molecule has 1 fully saturated rings. The lowest BCUT2D eigenvalue weighted by Crippen LogP contribution is -2.34. The standard InChI is InChI=1S/C20H20N2O2/c23-19-15-7-3-1-5-13(15)9-11-17(19)21-22-18-12-10-14-6-2-4-8-16(14)20(18)24/h1,3,5,7,9-12,14,16,21,23H,2,4,6,8H2. The molecule has 1 saturated carbocycles. The van der Waals surface area contributed by atoms with Gasteiger partial charge in [-0.25, -0.2) is 0 Å². The number of hydrogen-bond donors (Lipinski definition) is 2. The molecule has 2 atom stereocenters. The van der Waals surface area contributed by atoms with Crippen molar-refractivity contribution in [3.63, 3.8) is 0 Å². The first-order valence-corrected chi connectivity index (χ1v) is 8.51. The average molecular weight is 320 g/mol. The molecule has 0 radical (unpaired) electrons. The van der Waals surface area contributed by atoms with E-state index in [2.05, 4.69) is 16.6 Å². The molecule has 4 rings (SSSR count). The summed E-state index contributed by atoms with van der Waals surface area (Å²) in [5.74, 6) is 0.726. The lowest BCUT2D eigenvalue weighted by atomic mass is 9.73. The molecule has 2 aromatic carbocycles. The number of phenolic OH excluding ortho intramolecular Hbond substituents is 1. The third kappa shape index (κ3) is 2.58. The molecular weight excluding hydrogens is 300 g/mol. The van der Waals surface area contributed by atoms with Gasteiger partial charge in [-0.3, -0.25) is 10.2 Å². The van der Waals surface area contributed by atoms with Crippen molar-refractivity contribution < 1.29 is 9.90 Å². The zero-order chi connectivity index (χ0) is 16.5. The van der Waals surface area contributed by atoms with Gasteiger partial charge >= 0.3 is 0 Å². The number of rotatable bonds is 2. The van der Waals surface area contributed by atoms with Gasteiger partial charge in [-0.2, -0.15) is 5.10 Å². The van der Waals surface area contributed by atoms with Crippen molar-refractivity contribution in [1.82, 2.24) is 0 Å². The molecule has 122 valence electrons. The van der Waals surface area contributed by atoms with Crippen LogP contribution in [0, 0.1) is 11.8 Å². The number of hydrogen-bond acceptors (Lipinski definition) is 4. The Balaban J connectivity index is 1.61. The Kier molecular flexibility index (Phi) is 3.81. The average Bonchev–Trinajstić information content (AvgIpc) is 2.63. The molecule has 4 heteroatoms. The summed E-state index contributed by atoms with van der Waals surface area (Å²) in [4.78, 5) is 12.6. The normalized spacial score (nSPS) is 25.0. The fourth-order valence-corrected chi connectivity index (χ4v) is 3.76. The molecule has 2 unspecified atom stereocenters. The Morgan fingerprint density at radius 2 is 1.92 bits per heavy atom. The van der Waals surface area contributed by atoms with Crippen LogP contribution >= 0.6 is 0 Å². The van der Waals surface area contributed by atoms with Crippen LogP contribution in [0.3, 0.4) is 0 Å². The predicted octanol–water partition coefficient (Wildman–Crippen LogP) is 4.26. The highest BCUT2D eigenvalue weighted by Gasteiger charge is 2.34. The highest BCUT2D eigenvalue weighted by Crippen LogP contribution is 2.35. The van der Waals surface area contributed by atoms with Crippen LogP contribution in [-0.2, 0) is 4.79 Å². The molecule has 4 nitrogen and oxygen atoms in total. The van der Waals surface area contributed by atoms with E-state index < -0.39 is 0 Å². The Morgan fingerprint density at radius 1 is 1.08 bits per heavy atom. The number of carbonyl (C=O) groups is 1. The van der Waals surface area contributed by atoms with Crippen molar-refractivity contribution in [3.05, 3.63) is 48.6 Å². The van der Waals surface area contributed by atoms with Gasteiger partial charge in [0.25, 0.3) is 0 Å². The van der Waals surface area contributed by atoms with Crippen LogP contribution in [0.25, 0.3) is 10.8 Å². The number of carbonyl (C=O) groups excluding carboxylic acids is 1. The van der Waals surface area contributed by atoms with E-state index in [1.807, 2.05) is 36.4 Å². The van der Waals surface area contributed by atoms with Crippen LogP contribution in [0.5, 0.6) is 5.75 Å². The molecule has 24 heavy (non-hydrogen) atoms. The summed E-state index contributed by atoms with van der Waals surface area (Å²) in [6.07, 6.45) is 8.31.